The predicted molar refractivity (Wildman–Crippen MR) is 116 cm³/mol. The van der Waals surface area contributed by atoms with Gasteiger partial charge >= 0.3 is 17.9 Å². The van der Waals surface area contributed by atoms with Crippen LogP contribution in [0.5, 0.6) is 0 Å². The van der Waals surface area contributed by atoms with Crippen LogP contribution in [0.3, 0.4) is 0 Å². The predicted octanol–water partition coefficient (Wildman–Crippen LogP) is 4.39. The van der Waals surface area contributed by atoms with E-state index in [0.717, 1.165) is 31.3 Å². The quantitative estimate of drug-likeness (QED) is 0.218. The molecule has 0 saturated carbocycles. The van der Waals surface area contributed by atoms with Crippen LogP contribution in [0, 0.1) is 17.2 Å². The van der Waals surface area contributed by atoms with E-state index in [1.807, 2.05) is 0 Å². The van der Waals surface area contributed by atoms with E-state index in [9.17, 15) is 18.8 Å². The van der Waals surface area contributed by atoms with Crippen molar-refractivity contribution < 1.29 is 33.0 Å². The van der Waals surface area contributed by atoms with Gasteiger partial charge in [-0.1, -0.05) is 38.3 Å². The third kappa shape index (κ3) is 3.96. The van der Waals surface area contributed by atoms with Crippen LogP contribution in [0.1, 0.15) is 51.5 Å². The van der Waals surface area contributed by atoms with Crippen LogP contribution in [0.2, 0.25) is 0 Å². The van der Waals surface area contributed by atoms with Gasteiger partial charge in [0.05, 0.1) is 20.8 Å². The molecule has 1 aromatic rings. The summed E-state index contributed by atoms with van der Waals surface area (Å²) in [7, 11) is 2.39. The first-order chi connectivity index (χ1) is 15.4. The molecule has 0 heterocycles. The second-order valence-corrected chi connectivity index (χ2v) is 7.92. The van der Waals surface area contributed by atoms with Crippen molar-refractivity contribution in [1.82, 2.24) is 0 Å². The lowest BCUT2D eigenvalue weighted by molar-refractivity contribution is -0.159. The summed E-state index contributed by atoms with van der Waals surface area (Å²) in [6.07, 6.45) is 4.76. The summed E-state index contributed by atoms with van der Waals surface area (Å²) < 4.78 is 28.7. The van der Waals surface area contributed by atoms with Gasteiger partial charge in [-0.25, -0.2) is 4.39 Å². The zero-order valence-corrected chi connectivity index (χ0v) is 19.0. The molecule has 0 radical (unpaired) electrons. The molecule has 172 valence electrons. The molecule has 0 aromatic heterocycles. The molecule has 2 aliphatic rings. The van der Waals surface area contributed by atoms with Crippen molar-refractivity contribution in [3.8, 4) is 0 Å². The van der Waals surface area contributed by atoms with E-state index in [1.54, 1.807) is 6.92 Å². The van der Waals surface area contributed by atoms with E-state index in [2.05, 4.69) is 6.92 Å². The van der Waals surface area contributed by atoms with Crippen LogP contribution in [-0.2, 0) is 28.6 Å². The zero-order chi connectivity index (χ0) is 23.5. The Hall–Kier alpha value is -2.96. The average molecular weight is 444 g/mol. The summed E-state index contributed by atoms with van der Waals surface area (Å²) in [4.78, 5) is 38.5. The number of esters is 3. The minimum atomic E-state index is -1.76. The number of carbonyl (C=O) groups is 3. The normalized spacial score (nSPS) is 18.3. The van der Waals surface area contributed by atoms with Gasteiger partial charge in [0.2, 0.25) is 5.41 Å². The van der Waals surface area contributed by atoms with Crippen LogP contribution in [0.25, 0.3) is 5.57 Å². The molecule has 32 heavy (non-hydrogen) atoms. The fourth-order valence-corrected chi connectivity index (χ4v) is 4.47. The Kier molecular flexibility index (Phi) is 7.16. The van der Waals surface area contributed by atoms with Crippen LogP contribution in [0.4, 0.5) is 4.39 Å². The monoisotopic (exact) mass is 444 g/mol. The van der Waals surface area contributed by atoms with Crippen LogP contribution >= 0.6 is 0 Å². The molecule has 7 heteroatoms. The van der Waals surface area contributed by atoms with E-state index in [1.165, 1.54) is 38.5 Å². The van der Waals surface area contributed by atoms with Crippen molar-refractivity contribution in [3.05, 3.63) is 52.4 Å². The Morgan fingerprint density at radius 1 is 0.938 bits per heavy atom. The molecule has 0 fully saturated rings. The van der Waals surface area contributed by atoms with Gasteiger partial charge in [-0.15, -0.1) is 0 Å². The third-order valence-electron chi connectivity index (χ3n) is 6.04. The van der Waals surface area contributed by atoms with Crippen LogP contribution in [0.15, 0.2) is 41.0 Å². The van der Waals surface area contributed by atoms with Gasteiger partial charge in [-0.2, -0.15) is 0 Å². The summed E-state index contributed by atoms with van der Waals surface area (Å²) in [6, 6.07) is 5.52. The molecule has 3 rings (SSSR count). The Morgan fingerprint density at radius 2 is 1.56 bits per heavy atom. The molecule has 0 bridgehead atoms. The molecule has 1 unspecified atom stereocenters. The van der Waals surface area contributed by atoms with Crippen molar-refractivity contribution in [2.75, 3.05) is 20.8 Å². The van der Waals surface area contributed by atoms with Gasteiger partial charge in [0, 0.05) is 0 Å². The smallest absolute Gasteiger partial charge is 0.332 e. The van der Waals surface area contributed by atoms with Gasteiger partial charge in [-0.3, -0.25) is 14.4 Å². The summed E-state index contributed by atoms with van der Waals surface area (Å²) in [6.45, 7) is 4.08. The van der Waals surface area contributed by atoms with Gasteiger partial charge in [-0.05, 0) is 59.8 Å². The lowest BCUT2D eigenvalue weighted by Gasteiger charge is -2.15. The molecule has 1 aromatic carbocycles. The van der Waals surface area contributed by atoms with E-state index in [0.29, 0.717) is 28.7 Å². The molecule has 0 amide bonds. The minimum Gasteiger partial charge on any atom is -0.468 e. The third-order valence-corrected chi connectivity index (χ3v) is 6.04. The van der Waals surface area contributed by atoms with Crippen molar-refractivity contribution in [3.63, 3.8) is 0 Å². The largest absolute Gasteiger partial charge is 0.468 e. The van der Waals surface area contributed by atoms with E-state index >= 15 is 0 Å². The fourth-order valence-electron chi connectivity index (χ4n) is 4.47. The highest BCUT2D eigenvalue weighted by Gasteiger charge is 2.71. The maximum absolute atomic E-state index is 13.5. The first-order valence-corrected chi connectivity index (χ1v) is 11.0. The second-order valence-electron chi connectivity index (χ2n) is 7.92. The summed E-state index contributed by atoms with van der Waals surface area (Å²) in [5.74, 6) is -2.99. The zero-order valence-electron chi connectivity index (χ0n) is 19.0. The number of methoxy groups -OCH3 is 2. The van der Waals surface area contributed by atoms with E-state index in [4.69, 9.17) is 14.2 Å². The standard InChI is InChI=1S/C25H29FO6/c1-5-7-8-9-10-17-18(19(17)22(27)32-6-2)21-20(15-11-13-16(26)14-12-15)25(21,23(28)30-3)24(29)31-4/h11-14,19H,5-10H2,1-4H3. The molecule has 0 saturated heterocycles. The highest BCUT2D eigenvalue weighted by atomic mass is 19.1. The number of halogens is 1. The molecule has 0 N–H and O–H groups in total. The number of ether oxygens (including phenoxy) is 3. The van der Waals surface area contributed by atoms with Crippen molar-refractivity contribution in [2.45, 2.75) is 46.0 Å². The second kappa shape index (κ2) is 9.67. The lowest BCUT2D eigenvalue weighted by atomic mass is 9.93. The molecule has 1 atom stereocenters. The van der Waals surface area contributed by atoms with E-state index < -0.39 is 35.1 Å². The Labute approximate surface area is 187 Å². The maximum atomic E-state index is 13.5. The van der Waals surface area contributed by atoms with Gasteiger partial charge in [0.1, 0.15) is 11.7 Å². The van der Waals surface area contributed by atoms with E-state index in [-0.39, 0.29) is 6.61 Å². The minimum absolute atomic E-state index is 0.231. The lowest BCUT2D eigenvalue weighted by Crippen LogP contribution is -2.33. The Bertz CT molecular complexity index is 957. The number of hydrogen-bond donors (Lipinski definition) is 0. The molecular formula is C25H29FO6. The molecule has 2 aliphatic carbocycles. The molecular weight excluding hydrogens is 415 g/mol. The SMILES string of the molecule is CCCCCCC1=C(C2=C(c3ccc(F)cc3)C2(C(=O)OC)C(=O)OC)C1C(=O)OCC. The molecule has 0 spiro atoms. The maximum Gasteiger partial charge on any atom is 0.332 e. The number of carbonyl (C=O) groups excluding carboxylic acids is 3. The Balaban J connectivity index is 2.07. The number of benzene rings is 1. The van der Waals surface area contributed by atoms with Crippen molar-refractivity contribution in [1.29, 1.82) is 0 Å². The van der Waals surface area contributed by atoms with Gasteiger partial charge < -0.3 is 14.2 Å². The van der Waals surface area contributed by atoms with Crippen LogP contribution < -0.4 is 0 Å². The first-order valence-electron chi connectivity index (χ1n) is 11.0. The molecule has 0 aliphatic heterocycles. The highest BCUT2D eigenvalue weighted by molar-refractivity contribution is 6.28. The summed E-state index contributed by atoms with van der Waals surface area (Å²) in [5, 5.41) is 0. The number of hydrogen-bond acceptors (Lipinski definition) is 6. The van der Waals surface area contributed by atoms with Crippen LogP contribution in [-0.4, -0.2) is 38.7 Å². The summed E-state index contributed by atoms with van der Waals surface area (Å²) in [5.41, 5.74) is 1.09. The van der Waals surface area contributed by atoms with Crippen molar-refractivity contribution in [2.24, 2.45) is 11.3 Å². The van der Waals surface area contributed by atoms with Gasteiger partial charge in [0.25, 0.3) is 0 Å². The van der Waals surface area contributed by atoms with Gasteiger partial charge in [0.15, 0.2) is 0 Å². The molecule has 6 nitrogen and oxygen atoms in total. The number of unbranched alkanes of at least 4 members (excludes halogenated alkanes) is 3. The average Bonchev–Trinajstić information content (AvgIpc) is 3.68. The first kappa shape index (κ1) is 23.7. The topological polar surface area (TPSA) is 78.9 Å². The number of rotatable bonds is 11. The fraction of sp³-hybridized carbons (Fsp3) is 0.480. The van der Waals surface area contributed by atoms with Crippen molar-refractivity contribution >= 4 is 23.5 Å². The Morgan fingerprint density at radius 3 is 2.09 bits per heavy atom. The highest BCUT2D eigenvalue weighted by Crippen LogP contribution is 2.69. The summed E-state index contributed by atoms with van der Waals surface area (Å²) >= 11 is 0.